The normalized spacial score (nSPS) is 14.3. The molecule has 9 heteroatoms. The molecule has 1 aliphatic rings. The first kappa shape index (κ1) is 20.5. The molecule has 0 radical (unpaired) electrons. The van der Waals surface area contributed by atoms with Gasteiger partial charge in [0.05, 0.1) is 24.7 Å². The van der Waals surface area contributed by atoms with Crippen LogP contribution in [0.5, 0.6) is 0 Å². The number of benzene rings is 1. The smallest absolute Gasteiger partial charge is 0.321 e. The molecule has 1 aromatic heterocycles. The maximum Gasteiger partial charge on any atom is 0.321 e. The summed E-state index contributed by atoms with van der Waals surface area (Å²) in [5.74, 6) is -1.28. The monoisotopic (exact) mass is 400 g/mol. The van der Waals surface area contributed by atoms with Gasteiger partial charge in [-0.2, -0.15) is 5.10 Å². The molecule has 2 N–H and O–H groups in total. The van der Waals surface area contributed by atoms with Crippen LogP contribution in [0.25, 0.3) is 10.9 Å². The Bertz CT molecular complexity index is 949. The zero-order valence-corrected chi connectivity index (χ0v) is 16.1. The number of rotatable bonds is 6. The highest BCUT2D eigenvalue weighted by atomic mass is 16.5. The van der Waals surface area contributed by atoms with Crippen molar-refractivity contribution in [3.05, 3.63) is 40.7 Å². The van der Waals surface area contributed by atoms with Gasteiger partial charge in [-0.3, -0.25) is 24.4 Å². The first-order valence-electron chi connectivity index (χ1n) is 9.74. The summed E-state index contributed by atoms with van der Waals surface area (Å²) in [6.45, 7) is -0.335. The molecule has 9 nitrogen and oxygen atoms in total. The van der Waals surface area contributed by atoms with Crippen LogP contribution >= 0.6 is 0 Å². The summed E-state index contributed by atoms with van der Waals surface area (Å²) >= 11 is 0. The topological polar surface area (TPSA) is 119 Å². The van der Waals surface area contributed by atoms with Crippen molar-refractivity contribution in [1.29, 1.82) is 0 Å². The van der Waals surface area contributed by atoms with E-state index < -0.39 is 24.5 Å². The number of hydrogen-bond donors (Lipinski definition) is 2. The molecule has 1 aromatic carbocycles. The van der Waals surface area contributed by atoms with Crippen molar-refractivity contribution < 1.29 is 19.1 Å². The molecule has 2 aromatic rings. The van der Waals surface area contributed by atoms with E-state index in [4.69, 9.17) is 4.74 Å². The number of nitrogens with zero attached hydrogens (tertiary/aromatic N) is 2. The number of aryl methyl sites for hydroxylation is 1. The molecule has 1 fully saturated rings. The lowest BCUT2D eigenvalue weighted by molar-refractivity contribution is -0.148. The Morgan fingerprint density at radius 2 is 1.90 bits per heavy atom. The van der Waals surface area contributed by atoms with Gasteiger partial charge in [-0.05, 0) is 25.0 Å². The molecule has 1 saturated carbocycles. The van der Waals surface area contributed by atoms with Crippen molar-refractivity contribution in [3.8, 4) is 0 Å². The molecular weight excluding hydrogens is 376 g/mol. The fraction of sp³-hybridized carbons (Fsp3) is 0.450. The van der Waals surface area contributed by atoms with Crippen LogP contribution in [0.4, 0.5) is 4.79 Å². The number of amides is 3. The number of aromatic nitrogens is 2. The Labute approximate surface area is 167 Å². The Balaban J connectivity index is 1.42. The van der Waals surface area contributed by atoms with E-state index in [1.807, 2.05) is 0 Å². The highest BCUT2D eigenvalue weighted by Crippen LogP contribution is 2.17. The van der Waals surface area contributed by atoms with Crippen LogP contribution in [-0.4, -0.2) is 40.3 Å². The lowest BCUT2D eigenvalue weighted by atomic mass is 9.96. The van der Waals surface area contributed by atoms with E-state index in [0.717, 1.165) is 25.7 Å². The van der Waals surface area contributed by atoms with Crippen LogP contribution in [0.15, 0.2) is 35.3 Å². The Hall–Kier alpha value is -3.23. The summed E-state index contributed by atoms with van der Waals surface area (Å²) in [6, 6.07) is 6.48. The molecule has 1 heterocycles. The Morgan fingerprint density at radius 3 is 2.69 bits per heavy atom. The number of esters is 1. The van der Waals surface area contributed by atoms with E-state index in [1.54, 1.807) is 24.3 Å². The molecule has 29 heavy (non-hydrogen) atoms. The van der Waals surface area contributed by atoms with Crippen LogP contribution < -0.4 is 16.1 Å². The fourth-order valence-corrected chi connectivity index (χ4v) is 3.39. The van der Waals surface area contributed by atoms with Gasteiger partial charge in [0.15, 0.2) is 6.61 Å². The van der Waals surface area contributed by atoms with Crippen molar-refractivity contribution in [3.63, 3.8) is 0 Å². The minimum atomic E-state index is -0.682. The Morgan fingerprint density at radius 1 is 1.14 bits per heavy atom. The standard InChI is InChI=1S/C20H24N4O5/c25-17-12-21-24(16-9-5-4-8-15(16)17)11-10-19(27)29-13-18(26)23-20(28)22-14-6-2-1-3-7-14/h4-5,8-9,12,14H,1-3,6-7,10-11,13H2,(H2,22,23,26,28). The SMILES string of the molecule is O=C(COC(=O)CCn1ncc(=O)c2ccccc21)NC(=O)NC1CCCCC1. The van der Waals surface area contributed by atoms with Crippen LogP contribution in [0, 0.1) is 0 Å². The summed E-state index contributed by atoms with van der Waals surface area (Å²) in [5, 5.41) is 9.47. The summed E-state index contributed by atoms with van der Waals surface area (Å²) in [7, 11) is 0. The van der Waals surface area contributed by atoms with Gasteiger partial charge in [-0.15, -0.1) is 0 Å². The van der Waals surface area contributed by atoms with Gasteiger partial charge in [-0.25, -0.2) is 4.79 Å². The highest BCUT2D eigenvalue weighted by molar-refractivity contribution is 5.95. The molecule has 154 valence electrons. The summed E-state index contributed by atoms with van der Waals surface area (Å²) < 4.78 is 6.46. The third-order valence-corrected chi connectivity index (χ3v) is 4.85. The number of ether oxygens (including phenoxy) is 1. The second-order valence-electron chi connectivity index (χ2n) is 7.02. The van der Waals surface area contributed by atoms with E-state index in [-0.39, 0.29) is 24.4 Å². The first-order chi connectivity index (χ1) is 14.0. The summed E-state index contributed by atoms with van der Waals surface area (Å²) in [5.41, 5.74) is 0.424. The summed E-state index contributed by atoms with van der Waals surface area (Å²) in [6.07, 6.45) is 6.29. The molecule has 0 bridgehead atoms. The van der Waals surface area contributed by atoms with Crippen molar-refractivity contribution in [2.24, 2.45) is 0 Å². The van der Waals surface area contributed by atoms with E-state index in [2.05, 4.69) is 15.7 Å². The molecule has 0 atom stereocenters. The number of carbonyl (C=O) groups excluding carboxylic acids is 3. The van der Waals surface area contributed by atoms with Gasteiger partial charge in [-0.1, -0.05) is 31.4 Å². The lowest BCUT2D eigenvalue weighted by Crippen LogP contribution is -2.46. The maximum atomic E-state index is 11.9. The van der Waals surface area contributed by atoms with Crippen LogP contribution in [0.1, 0.15) is 38.5 Å². The quantitative estimate of drug-likeness (QED) is 0.709. The predicted molar refractivity (Wildman–Crippen MR) is 105 cm³/mol. The molecule has 0 aliphatic heterocycles. The van der Waals surface area contributed by atoms with E-state index in [0.29, 0.717) is 10.9 Å². The average Bonchev–Trinajstić information content (AvgIpc) is 2.72. The largest absolute Gasteiger partial charge is 0.456 e. The molecule has 3 rings (SSSR count). The molecule has 3 amide bonds. The van der Waals surface area contributed by atoms with Gasteiger partial charge >= 0.3 is 12.0 Å². The highest BCUT2D eigenvalue weighted by Gasteiger charge is 2.17. The van der Waals surface area contributed by atoms with E-state index in [1.165, 1.54) is 17.3 Å². The van der Waals surface area contributed by atoms with Crippen molar-refractivity contribution in [1.82, 2.24) is 20.4 Å². The number of fused-ring (bicyclic) bond motifs is 1. The molecular formula is C20H24N4O5. The number of nitrogens with one attached hydrogen (secondary N) is 2. The molecule has 1 aliphatic carbocycles. The van der Waals surface area contributed by atoms with Gasteiger partial charge in [0.25, 0.3) is 5.91 Å². The molecule has 0 unspecified atom stereocenters. The predicted octanol–water partition coefficient (Wildman–Crippen LogP) is 1.49. The summed E-state index contributed by atoms with van der Waals surface area (Å²) in [4.78, 5) is 47.3. The number of imide groups is 1. The van der Waals surface area contributed by atoms with Gasteiger partial charge in [0.1, 0.15) is 0 Å². The zero-order valence-electron chi connectivity index (χ0n) is 16.1. The van der Waals surface area contributed by atoms with Gasteiger partial charge in [0.2, 0.25) is 5.43 Å². The first-order valence-corrected chi connectivity index (χ1v) is 9.74. The average molecular weight is 400 g/mol. The second-order valence-corrected chi connectivity index (χ2v) is 7.02. The van der Waals surface area contributed by atoms with Gasteiger partial charge in [0, 0.05) is 11.4 Å². The van der Waals surface area contributed by atoms with Crippen molar-refractivity contribution in [2.75, 3.05) is 6.61 Å². The van der Waals surface area contributed by atoms with E-state index in [9.17, 15) is 19.2 Å². The third-order valence-electron chi connectivity index (χ3n) is 4.85. The molecule has 0 saturated heterocycles. The Kier molecular flexibility index (Phi) is 6.94. The van der Waals surface area contributed by atoms with Crippen molar-refractivity contribution >= 4 is 28.8 Å². The minimum Gasteiger partial charge on any atom is -0.456 e. The zero-order chi connectivity index (χ0) is 20.6. The van der Waals surface area contributed by atoms with Gasteiger partial charge < -0.3 is 10.1 Å². The van der Waals surface area contributed by atoms with Crippen LogP contribution in [-0.2, 0) is 20.9 Å². The van der Waals surface area contributed by atoms with Crippen molar-refractivity contribution in [2.45, 2.75) is 51.1 Å². The number of urea groups is 1. The minimum absolute atomic E-state index is 0.0264. The number of hydrogen-bond acceptors (Lipinski definition) is 6. The maximum absolute atomic E-state index is 11.9. The third kappa shape index (κ3) is 5.87. The van der Waals surface area contributed by atoms with Crippen LogP contribution in [0.3, 0.4) is 0 Å². The number of carbonyl (C=O) groups is 3. The lowest BCUT2D eigenvalue weighted by Gasteiger charge is -2.22. The van der Waals surface area contributed by atoms with Crippen LogP contribution in [0.2, 0.25) is 0 Å². The fourth-order valence-electron chi connectivity index (χ4n) is 3.39. The molecule has 0 spiro atoms. The second kappa shape index (κ2) is 9.81. The number of para-hydroxylation sites is 1. The van der Waals surface area contributed by atoms with E-state index >= 15 is 0 Å².